The number of hydrogen-bond donors (Lipinski definition) is 0. The fourth-order valence-electron chi connectivity index (χ4n) is 4.32. The number of aromatic nitrogens is 3. The van der Waals surface area contributed by atoms with E-state index in [0.717, 1.165) is 60.7 Å². The molecule has 0 saturated carbocycles. The first-order valence-electron chi connectivity index (χ1n) is 9.42. The van der Waals surface area contributed by atoms with E-state index in [2.05, 4.69) is 32.7 Å². The lowest BCUT2D eigenvalue weighted by molar-refractivity contribution is 0.645. The standard InChI is InChI=1S/C24H13N3O2/c1-3-7-19-15(5-1)17-11-14(9-10-21(17)28-19)27-18-12-25-13-26-23(18)22-16-6-2-4-8-20(16)29-24(22)27/h1-13H. The van der Waals surface area contributed by atoms with Crippen LogP contribution in [0.15, 0.2) is 88.1 Å². The predicted molar refractivity (Wildman–Crippen MR) is 113 cm³/mol. The van der Waals surface area contributed by atoms with Gasteiger partial charge in [-0.1, -0.05) is 36.4 Å². The van der Waals surface area contributed by atoms with Crippen molar-refractivity contribution in [3.63, 3.8) is 0 Å². The maximum Gasteiger partial charge on any atom is 0.215 e. The molecule has 0 aliphatic heterocycles. The van der Waals surface area contributed by atoms with Gasteiger partial charge < -0.3 is 8.83 Å². The van der Waals surface area contributed by atoms with Gasteiger partial charge in [0, 0.05) is 16.2 Å². The van der Waals surface area contributed by atoms with E-state index in [1.165, 1.54) is 0 Å². The van der Waals surface area contributed by atoms with Gasteiger partial charge in [0.15, 0.2) is 0 Å². The number of rotatable bonds is 1. The van der Waals surface area contributed by atoms with E-state index in [4.69, 9.17) is 8.83 Å². The van der Waals surface area contributed by atoms with Crippen LogP contribution in [0.4, 0.5) is 0 Å². The van der Waals surface area contributed by atoms with Crippen LogP contribution in [0.2, 0.25) is 0 Å². The summed E-state index contributed by atoms with van der Waals surface area (Å²) in [6.07, 6.45) is 3.42. The number of para-hydroxylation sites is 2. The number of nitrogens with zero attached hydrogens (tertiary/aromatic N) is 3. The third-order valence-corrected chi connectivity index (χ3v) is 5.57. The van der Waals surface area contributed by atoms with Crippen molar-refractivity contribution in [3.8, 4) is 5.69 Å². The second kappa shape index (κ2) is 5.23. The van der Waals surface area contributed by atoms with E-state index in [-0.39, 0.29) is 0 Å². The SMILES string of the molecule is c1ccc2c(c1)oc1ccc(-n3c4cncnc4c4c5ccccc5oc43)cc12. The molecule has 5 heteroatoms. The summed E-state index contributed by atoms with van der Waals surface area (Å²) in [7, 11) is 0. The molecule has 4 aromatic heterocycles. The largest absolute Gasteiger partial charge is 0.456 e. The van der Waals surface area contributed by atoms with Crippen molar-refractivity contribution in [3.05, 3.63) is 79.3 Å². The molecule has 0 amide bonds. The molecule has 3 aromatic carbocycles. The normalized spacial score (nSPS) is 12.1. The highest BCUT2D eigenvalue weighted by molar-refractivity contribution is 6.18. The van der Waals surface area contributed by atoms with Crippen molar-refractivity contribution in [1.82, 2.24) is 14.5 Å². The van der Waals surface area contributed by atoms with E-state index < -0.39 is 0 Å². The molecular formula is C24H13N3O2. The molecule has 0 aliphatic rings. The van der Waals surface area contributed by atoms with E-state index in [0.29, 0.717) is 0 Å². The van der Waals surface area contributed by atoms with Crippen molar-refractivity contribution < 1.29 is 8.83 Å². The predicted octanol–water partition coefficient (Wildman–Crippen LogP) is 6.22. The van der Waals surface area contributed by atoms with Crippen LogP contribution in [-0.4, -0.2) is 14.5 Å². The molecule has 7 aromatic rings. The van der Waals surface area contributed by atoms with Gasteiger partial charge in [0.05, 0.1) is 22.8 Å². The molecule has 0 bridgehead atoms. The fraction of sp³-hybridized carbons (Fsp3) is 0. The first-order valence-corrected chi connectivity index (χ1v) is 9.42. The summed E-state index contributed by atoms with van der Waals surface area (Å²) in [5.41, 5.74) is 6.15. The smallest absolute Gasteiger partial charge is 0.215 e. The lowest BCUT2D eigenvalue weighted by Crippen LogP contribution is -1.93. The topological polar surface area (TPSA) is 57.0 Å². The lowest BCUT2D eigenvalue weighted by Gasteiger charge is -2.05. The Kier molecular flexibility index (Phi) is 2.68. The molecule has 7 rings (SSSR count). The Bertz CT molecular complexity index is 1720. The van der Waals surface area contributed by atoms with Crippen LogP contribution in [0.3, 0.4) is 0 Å². The van der Waals surface area contributed by atoms with Gasteiger partial charge in [-0.25, -0.2) is 9.97 Å². The molecular weight excluding hydrogens is 362 g/mol. The van der Waals surface area contributed by atoms with Crippen LogP contribution in [0.25, 0.3) is 60.7 Å². The van der Waals surface area contributed by atoms with Gasteiger partial charge in [-0.15, -0.1) is 0 Å². The highest BCUT2D eigenvalue weighted by Crippen LogP contribution is 2.38. The number of benzene rings is 3. The maximum atomic E-state index is 6.28. The van der Waals surface area contributed by atoms with Crippen molar-refractivity contribution in [2.75, 3.05) is 0 Å². The molecule has 0 aliphatic carbocycles. The molecule has 0 radical (unpaired) electrons. The average Bonchev–Trinajstić information content (AvgIpc) is 3.41. The Balaban J connectivity index is 1.65. The van der Waals surface area contributed by atoms with Crippen molar-refractivity contribution in [2.24, 2.45) is 0 Å². The van der Waals surface area contributed by atoms with Gasteiger partial charge in [-0.3, -0.25) is 4.57 Å². The number of hydrogen-bond acceptors (Lipinski definition) is 4. The summed E-state index contributed by atoms with van der Waals surface area (Å²) in [6.45, 7) is 0. The van der Waals surface area contributed by atoms with Crippen LogP contribution >= 0.6 is 0 Å². The first-order chi connectivity index (χ1) is 14.4. The minimum atomic E-state index is 0.772. The van der Waals surface area contributed by atoms with Gasteiger partial charge in [-0.2, -0.15) is 0 Å². The highest BCUT2D eigenvalue weighted by Gasteiger charge is 2.20. The van der Waals surface area contributed by atoms with E-state index in [1.807, 2.05) is 54.7 Å². The van der Waals surface area contributed by atoms with Gasteiger partial charge in [-0.05, 0) is 30.3 Å². The average molecular weight is 375 g/mol. The highest BCUT2D eigenvalue weighted by atomic mass is 16.3. The third kappa shape index (κ3) is 1.88. The molecule has 136 valence electrons. The van der Waals surface area contributed by atoms with Crippen molar-refractivity contribution in [1.29, 1.82) is 0 Å². The van der Waals surface area contributed by atoms with Crippen LogP contribution in [0.5, 0.6) is 0 Å². The molecule has 0 atom stereocenters. The summed E-state index contributed by atoms with van der Waals surface area (Å²) in [6, 6.07) is 22.3. The monoisotopic (exact) mass is 375 g/mol. The first kappa shape index (κ1) is 14.9. The van der Waals surface area contributed by atoms with E-state index in [1.54, 1.807) is 6.33 Å². The van der Waals surface area contributed by atoms with Crippen molar-refractivity contribution >= 4 is 55.0 Å². The number of furan rings is 2. The molecule has 0 fully saturated rings. The van der Waals surface area contributed by atoms with E-state index >= 15 is 0 Å². The second-order valence-electron chi connectivity index (χ2n) is 7.15. The van der Waals surface area contributed by atoms with Gasteiger partial charge in [0.25, 0.3) is 0 Å². The van der Waals surface area contributed by atoms with Gasteiger partial charge >= 0.3 is 0 Å². The quantitative estimate of drug-likeness (QED) is 0.342. The minimum absolute atomic E-state index is 0.772. The summed E-state index contributed by atoms with van der Waals surface area (Å²) < 4.78 is 14.4. The Morgan fingerprint density at radius 1 is 0.724 bits per heavy atom. The van der Waals surface area contributed by atoms with Crippen LogP contribution in [-0.2, 0) is 0 Å². The number of fused-ring (bicyclic) bond motifs is 8. The Hall–Kier alpha value is -4.12. The third-order valence-electron chi connectivity index (χ3n) is 5.57. The molecule has 0 saturated heterocycles. The van der Waals surface area contributed by atoms with Crippen LogP contribution in [0.1, 0.15) is 0 Å². The summed E-state index contributed by atoms with van der Waals surface area (Å²) in [5.74, 6) is 0. The Morgan fingerprint density at radius 3 is 2.38 bits per heavy atom. The van der Waals surface area contributed by atoms with Crippen LogP contribution < -0.4 is 0 Å². The molecule has 4 heterocycles. The van der Waals surface area contributed by atoms with E-state index in [9.17, 15) is 0 Å². The minimum Gasteiger partial charge on any atom is -0.456 e. The van der Waals surface area contributed by atoms with Crippen LogP contribution in [0, 0.1) is 0 Å². The molecule has 5 nitrogen and oxygen atoms in total. The molecule has 0 unspecified atom stereocenters. The zero-order chi connectivity index (χ0) is 18.9. The summed E-state index contributed by atoms with van der Waals surface area (Å²) in [4.78, 5) is 8.83. The molecule has 29 heavy (non-hydrogen) atoms. The lowest BCUT2D eigenvalue weighted by atomic mass is 10.1. The molecule has 0 spiro atoms. The van der Waals surface area contributed by atoms with Gasteiger partial charge in [0.1, 0.15) is 28.6 Å². The fourth-order valence-corrected chi connectivity index (χ4v) is 4.32. The zero-order valence-corrected chi connectivity index (χ0v) is 15.2. The zero-order valence-electron chi connectivity index (χ0n) is 15.2. The Labute approximate surface area is 163 Å². The van der Waals surface area contributed by atoms with Gasteiger partial charge in [0.2, 0.25) is 5.71 Å². The maximum absolute atomic E-state index is 6.28. The van der Waals surface area contributed by atoms with Crippen molar-refractivity contribution in [2.45, 2.75) is 0 Å². The summed E-state index contributed by atoms with van der Waals surface area (Å²) >= 11 is 0. The Morgan fingerprint density at radius 2 is 1.48 bits per heavy atom. The summed E-state index contributed by atoms with van der Waals surface area (Å²) in [5, 5.41) is 4.23. The molecule has 0 N–H and O–H groups in total. The second-order valence-corrected chi connectivity index (χ2v) is 7.15.